The molecule has 0 radical (unpaired) electrons. The zero-order chi connectivity index (χ0) is 28.2. The summed E-state index contributed by atoms with van der Waals surface area (Å²) in [6.07, 6.45) is 1.56. The van der Waals surface area contributed by atoms with Crippen LogP contribution in [0.1, 0.15) is 18.2 Å². The molecule has 0 aliphatic heterocycles. The summed E-state index contributed by atoms with van der Waals surface area (Å²) in [5.74, 6) is 1.35. The predicted octanol–water partition coefficient (Wildman–Crippen LogP) is 5.24. The summed E-state index contributed by atoms with van der Waals surface area (Å²) >= 11 is 1.36. The van der Waals surface area contributed by atoms with E-state index in [9.17, 15) is 9.90 Å². The molecule has 5 rings (SSSR count). The summed E-state index contributed by atoms with van der Waals surface area (Å²) < 4.78 is 15.8. The van der Waals surface area contributed by atoms with Crippen molar-refractivity contribution in [3.8, 4) is 34.2 Å². The van der Waals surface area contributed by atoms with Crippen LogP contribution < -0.4 is 19.8 Å². The van der Waals surface area contributed by atoms with E-state index in [0.29, 0.717) is 34.1 Å². The average molecular weight is 556 g/mol. The third-order valence-corrected chi connectivity index (χ3v) is 7.24. The van der Waals surface area contributed by atoms with Gasteiger partial charge in [-0.3, -0.25) is 9.48 Å². The Balaban J connectivity index is 1.66. The Labute approximate surface area is 235 Å². The van der Waals surface area contributed by atoms with Crippen molar-refractivity contribution >= 4 is 23.2 Å². The fourth-order valence-corrected chi connectivity index (χ4v) is 5.08. The summed E-state index contributed by atoms with van der Waals surface area (Å²) in [5.41, 5.74) is 3.72. The first kappa shape index (κ1) is 26.8. The number of nitrogens with zero attached hydrogens (tertiary/aromatic N) is 5. The number of para-hydroxylation sites is 1. The van der Waals surface area contributed by atoms with Gasteiger partial charge in [0.2, 0.25) is 4.80 Å². The highest BCUT2D eigenvalue weighted by Gasteiger charge is 2.17. The van der Waals surface area contributed by atoms with Gasteiger partial charge in [0.25, 0.3) is 5.56 Å². The zero-order valence-electron chi connectivity index (χ0n) is 22.6. The molecule has 0 fully saturated rings. The van der Waals surface area contributed by atoms with Gasteiger partial charge < -0.3 is 14.6 Å². The summed E-state index contributed by atoms with van der Waals surface area (Å²) in [6.45, 7) is 4.25. The van der Waals surface area contributed by atoms with Crippen LogP contribution in [0.15, 0.2) is 93.1 Å². The van der Waals surface area contributed by atoms with Gasteiger partial charge in [0.1, 0.15) is 17.2 Å². The highest BCUT2D eigenvalue weighted by Crippen LogP contribution is 2.25. The largest absolute Gasteiger partial charge is 0.507 e. The number of benzene rings is 3. The molecule has 0 bridgehead atoms. The first-order valence-electron chi connectivity index (χ1n) is 12.6. The van der Waals surface area contributed by atoms with Gasteiger partial charge in [-0.2, -0.15) is 5.10 Å². The maximum Gasteiger partial charge on any atom is 0.297 e. The molecular weight excluding hydrogens is 526 g/mol. The molecule has 0 atom stereocenters. The number of hydrogen-bond donors (Lipinski definition) is 1. The van der Waals surface area contributed by atoms with Gasteiger partial charge in [-0.15, -0.1) is 11.3 Å². The van der Waals surface area contributed by atoms with Crippen LogP contribution in [0.2, 0.25) is 0 Å². The van der Waals surface area contributed by atoms with E-state index < -0.39 is 0 Å². The van der Waals surface area contributed by atoms with E-state index in [1.165, 1.54) is 11.3 Å². The van der Waals surface area contributed by atoms with Crippen molar-refractivity contribution in [2.24, 2.45) is 17.1 Å². The second-order valence-corrected chi connectivity index (χ2v) is 9.70. The van der Waals surface area contributed by atoms with Gasteiger partial charge in [0.05, 0.1) is 37.0 Å². The van der Waals surface area contributed by atoms with Crippen LogP contribution >= 0.6 is 11.3 Å². The number of aromatic nitrogens is 3. The SMILES string of the molecule is CCOc1ccc(C=Nn2c(-c3ccc(OC)cc3)csc2=Nc2c(C)n(C)n(-c3ccccc3)c2=O)c(O)c1. The average Bonchev–Trinajstić information content (AvgIpc) is 3.46. The van der Waals surface area contributed by atoms with Crippen molar-refractivity contribution in [2.45, 2.75) is 13.8 Å². The molecule has 0 unspecified atom stereocenters. The fourth-order valence-electron chi connectivity index (χ4n) is 4.24. The van der Waals surface area contributed by atoms with Gasteiger partial charge >= 0.3 is 0 Å². The number of phenols is 1. The van der Waals surface area contributed by atoms with Crippen molar-refractivity contribution in [1.82, 2.24) is 14.0 Å². The number of thiazole rings is 1. The molecule has 2 aromatic heterocycles. The normalized spacial score (nSPS) is 11.8. The Bertz CT molecular complexity index is 1790. The lowest BCUT2D eigenvalue weighted by molar-refractivity contribution is 0.337. The quantitative estimate of drug-likeness (QED) is 0.265. The molecule has 1 N–H and O–H groups in total. The third kappa shape index (κ3) is 5.21. The summed E-state index contributed by atoms with van der Waals surface area (Å²) in [7, 11) is 3.45. The van der Waals surface area contributed by atoms with Crippen LogP contribution in [0.4, 0.5) is 5.69 Å². The lowest BCUT2D eigenvalue weighted by Gasteiger charge is -2.07. The molecule has 40 heavy (non-hydrogen) atoms. The van der Waals surface area contributed by atoms with Crippen LogP contribution in [-0.2, 0) is 7.05 Å². The maximum atomic E-state index is 13.5. The van der Waals surface area contributed by atoms with Gasteiger partial charge in [0.15, 0.2) is 5.69 Å². The molecule has 0 spiro atoms. The predicted molar refractivity (Wildman–Crippen MR) is 158 cm³/mol. The topological polar surface area (TPSA) is 95.3 Å². The first-order chi connectivity index (χ1) is 19.4. The van der Waals surface area contributed by atoms with Gasteiger partial charge in [-0.1, -0.05) is 18.2 Å². The Morgan fingerprint density at radius 3 is 2.42 bits per heavy atom. The highest BCUT2D eigenvalue weighted by atomic mass is 32.1. The second-order valence-electron chi connectivity index (χ2n) is 8.86. The molecule has 3 aromatic carbocycles. The third-order valence-electron chi connectivity index (χ3n) is 6.43. The van der Waals surface area contributed by atoms with Gasteiger partial charge in [-0.25, -0.2) is 14.4 Å². The number of ether oxygens (including phenoxy) is 2. The molecule has 0 aliphatic rings. The molecule has 0 saturated carbocycles. The van der Waals surface area contributed by atoms with Crippen LogP contribution in [0.5, 0.6) is 17.2 Å². The molecule has 10 heteroatoms. The lowest BCUT2D eigenvalue weighted by Crippen LogP contribution is -2.19. The number of rotatable bonds is 8. The van der Waals surface area contributed by atoms with Gasteiger partial charge in [0, 0.05) is 29.6 Å². The van der Waals surface area contributed by atoms with E-state index in [2.05, 4.69) is 0 Å². The first-order valence-corrected chi connectivity index (χ1v) is 13.5. The van der Waals surface area contributed by atoms with E-state index in [-0.39, 0.29) is 11.3 Å². The molecule has 5 aromatic rings. The van der Waals surface area contributed by atoms with Crippen molar-refractivity contribution in [1.29, 1.82) is 0 Å². The van der Waals surface area contributed by atoms with E-state index in [4.69, 9.17) is 19.6 Å². The standard InChI is InChI=1S/C30H29N5O4S/c1-5-39-25-16-13-22(27(36)17-25)18-31-34-26(21-11-14-24(38-4)15-12-21)19-40-30(34)32-28-20(2)33(3)35(29(28)37)23-9-7-6-8-10-23/h6-19,36H,5H2,1-4H3. The minimum absolute atomic E-state index is 0.0414. The number of aromatic hydroxyl groups is 1. The highest BCUT2D eigenvalue weighted by molar-refractivity contribution is 7.07. The molecule has 9 nitrogen and oxygen atoms in total. The molecule has 0 saturated heterocycles. The van der Waals surface area contributed by atoms with Crippen molar-refractivity contribution < 1.29 is 14.6 Å². The molecule has 2 heterocycles. The number of methoxy groups -OCH3 is 1. The van der Waals surface area contributed by atoms with Gasteiger partial charge in [-0.05, 0) is 62.4 Å². The van der Waals surface area contributed by atoms with Crippen LogP contribution in [0.25, 0.3) is 16.9 Å². The van der Waals surface area contributed by atoms with E-state index in [0.717, 1.165) is 22.7 Å². The smallest absolute Gasteiger partial charge is 0.297 e. The van der Waals surface area contributed by atoms with Crippen molar-refractivity contribution in [3.05, 3.63) is 105 Å². The van der Waals surface area contributed by atoms with Crippen LogP contribution in [0, 0.1) is 6.92 Å². The van der Waals surface area contributed by atoms with E-state index in [1.54, 1.807) is 45.6 Å². The Hall–Kier alpha value is -4.83. The Morgan fingerprint density at radius 1 is 1.02 bits per heavy atom. The molecule has 0 amide bonds. The summed E-state index contributed by atoms with van der Waals surface area (Å²) in [6, 6.07) is 22.1. The summed E-state index contributed by atoms with van der Waals surface area (Å²) in [4.78, 5) is 18.8. The monoisotopic (exact) mass is 555 g/mol. The fraction of sp³-hybridized carbons (Fsp3) is 0.167. The van der Waals surface area contributed by atoms with Crippen LogP contribution in [0.3, 0.4) is 0 Å². The maximum absolute atomic E-state index is 13.5. The summed E-state index contributed by atoms with van der Waals surface area (Å²) in [5, 5.41) is 17.2. The zero-order valence-corrected chi connectivity index (χ0v) is 23.4. The lowest BCUT2D eigenvalue weighted by atomic mass is 10.2. The minimum Gasteiger partial charge on any atom is -0.507 e. The number of hydrogen-bond acceptors (Lipinski definition) is 7. The van der Waals surface area contributed by atoms with Crippen molar-refractivity contribution in [3.63, 3.8) is 0 Å². The molecule has 204 valence electrons. The van der Waals surface area contributed by atoms with Crippen molar-refractivity contribution in [2.75, 3.05) is 13.7 Å². The van der Waals surface area contributed by atoms with E-state index >= 15 is 0 Å². The molecular formula is C30H29N5O4S. The molecule has 0 aliphatic carbocycles. The number of phenolic OH excluding ortho intramolecular Hbond substituents is 1. The Morgan fingerprint density at radius 2 is 1.75 bits per heavy atom. The second kappa shape index (κ2) is 11.5. The minimum atomic E-state index is -0.231. The Kier molecular flexibility index (Phi) is 7.70. The van der Waals surface area contributed by atoms with Crippen LogP contribution in [-0.4, -0.2) is 39.1 Å². The van der Waals surface area contributed by atoms with E-state index in [1.807, 2.05) is 80.9 Å².